The maximum atomic E-state index is 12.5. The van der Waals surface area contributed by atoms with Gasteiger partial charge in [0.25, 0.3) is 10.0 Å². The Labute approximate surface area is 132 Å². The first-order chi connectivity index (χ1) is 11.0. The number of aryl methyl sites for hydroxylation is 1. The zero-order valence-electron chi connectivity index (χ0n) is 12.2. The fourth-order valence-electron chi connectivity index (χ4n) is 2.46. The monoisotopic (exact) mass is 331 g/mol. The minimum Gasteiger partial charge on any atom is -0.454 e. The second kappa shape index (κ2) is 4.88. The summed E-state index contributed by atoms with van der Waals surface area (Å²) in [6.07, 6.45) is 0. The third-order valence-electron chi connectivity index (χ3n) is 3.51. The molecule has 2 aromatic carbocycles. The van der Waals surface area contributed by atoms with Gasteiger partial charge in [0, 0.05) is 6.07 Å². The van der Waals surface area contributed by atoms with Crippen LogP contribution in [0.2, 0.25) is 0 Å². The molecule has 1 aromatic heterocycles. The number of benzene rings is 2. The molecule has 7 nitrogen and oxygen atoms in total. The van der Waals surface area contributed by atoms with Crippen LogP contribution in [0.3, 0.4) is 0 Å². The fourth-order valence-corrected chi connectivity index (χ4v) is 3.53. The molecule has 23 heavy (non-hydrogen) atoms. The molecular formula is C15H13N3O4S. The first-order valence-corrected chi connectivity index (χ1v) is 8.38. The Morgan fingerprint density at radius 1 is 1.13 bits per heavy atom. The van der Waals surface area contributed by atoms with Crippen molar-refractivity contribution >= 4 is 26.7 Å². The summed E-state index contributed by atoms with van der Waals surface area (Å²) in [5, 5.41) is 0. The van der Waals surface area contributed by atoms with Gasteiger partial charge in [0.2, 0.25) is 6.79 Å². The summed E-state index contributed by atoms with van der Waals surface area (Å²) >= 11 is 0. The molecule has 1 aliphatic rings. The van der Waals surface area contributed by atoms with Crippen molar-refractivity contribution in [3.8, 4) is 11.5 Å². The Balaban J connectivity index is 1.68. The number of aromatic nitrogens is 2. The van der Waals surface area contributed by atoms with Crippen LogP contribution in [0.4, 0.5) is 5.69 Å². The second-order valence-corrected chi connectivity index (χ2v) is 6.86. The van der Waals surface area contributed by atoms with E-state index in [-0.39, 0.29) is 11.7 Å². The molecule has 0 saturated carbocycles. The molecule has 4 rings (SSSR count). The van der Waals surface area contributed by atoms with Crippen molar-refractivity contribution in [2.75, 3.05) is 11.5 Å². The third kappa shape index (κ3) is 2.46. The van der Waals surface area contributed by atoms with Crippen molar-refractivity contribution in [3.05, 3.63) is 42.2 Å². The first kappa shape index (κ1) is 13.9. The molecule has 0 aliphatic carbocycles. The summed E-state index contributed by atoms with van der Waals surface area (Å²) in [4.78, 5) is 7.45. The molecule has 0 spiro atoms. The van der Waals surface area contributed by atoms with E-state index in [1.807, 2.05) is 6.92 Å². The van der Waals surface area contributed by atoms with E-state index in [4.69, 9.17) is 9.47 Å². The average molecular weight is 331 g/mol. The van der Waals surface area contributed by atoms with E-state index in [1.165, 1.54) is 6.07 Å². The predicted molar refractivity (Wildman–Crippen MR) is 84.2 cm³/mol. The van der Waals surface area contributed by atoms with Crippen LogP contribution < -0.4 is 14.2 Å². The van der Waals surface area contributed by atoms with Crippen LogP contribution in [0.15, 0.2) is 41.3 Å². The molecule has 2 heterocycles. The van der Waals surface area contributed by atoms with Crippen molar-refractivity contribution in [3.63, 3.8) is 0 Å². The molecule has 0 amide bonds. The predicted octanol–water partition coefficient (Wildman–Crippen LogP) is 2.40. The van der Waals surface area contributed by atoms with Gasteiger partial charge in [-0.05, 0) is 37.3 Å². The molecular weight excluding hydrogens is 318 g/mol. The van der Waals surface area contributed by atoms with Gasteiger partial charge in [0.1, 0.15) is 5.82 Å². The Hall–Kier alpha value is -2.74. The normalized spacial score (nSPS) is 13.4. The molecule has 0 fully saturated rings. The smallest absolute Gasteiger partial charge is 0.261 e. The summed E-state index contributed by atoms with van der Waals surface area (Å²) in [7, 11) is -3.71. The first-order valence-electron chi connectivity index (χ1n) is 6.90. The lowest BCUT2D eigenvalue weighted by molar-refractivity contribution is 0.174. The number of rotatable bonds is 3. The number of H-pyrrole nitrogens is 1. The SMILES string of the molecule is Cc1nc2ccc(S(=O)(=O)Nc3ccc4c(c3)OCO4)cc2[nH]1. The lowest BCUT2D eigenvalue weighted by Gasteiger charge is -2.08. The molecule has 0 bridgehead atoms. The highest BCUT2D eigenvalue weighted by Gasteiger charge is 2.18. The second-order valence-electron chi connectivity index (χ2n) is 5.17. The van der Waals surface area contributed by atoms with Crippen molar-refractivity contribution in [2.24, 2.45) is 0 Å². The summed E-state index contributed by atoms with van der Waals surface area (Å²) in [6, 6.07) is 9.65. The number of sulfonamides is 1. The number of fused-ring (bicyclic) bond motifs is 2. The Kier molecular flexibility index (Phi) is 2.95. The molecule has 0 atom stereocenters. The fraction of sp³-hybridized carbons (Fsp3) is 0.133. The zero-order chi connectivity index (χ0) is 16.0. The molecule has 2 N–H and O–H groups in total. The topological polar surface area (TPSA) is 93.3 Å². The van der Waals surface area contributed by atoms with Crippen molar-refractivity contribution in [1.29, 1.82) is 0 Å². The van der Waals surface area contributed by atoms with Gasteiger partial charge in [-0.2, -0.15) is 0 Å². The van der Waals surface area contributed by atoms with Crippen molar-refractivity contribution in [2.45, 2.75) is 11.8 Å². The van der Waals surface area contributed by atoms with E-state index in [1.54, 1.807) is 30.3 Å². The van der Waals surface area contributed by atoms with Crippen molar-refractivity contribution in [1.82, 2.24) is 9.97 Å². The van der Waals surface area contributed by atoms with Crippen LogP contribution in [-0.2, 0) is 10.0 Å². The van der Waals surface area contributed by atoms with Gasteiger partial charge in [0.15, 0.2) is 11.5 Å². The maximum Gasteiger partial charge on any atom is 0.261 e. The number of imidazole rings is 1. The molecule has 0 saturated heterocycles. The quantitative estimate of drug-likeness (QED) is 0.769. The van der Waals surface area contributed by atoms with E-state index in [2.05, 4.69) is 14.7 Å². The maximum absolute atomic E-state index is 12.5. The van der Waals surface area contributed by atoms with Gasteiger partial charge < -0.3 is 14.5 Å². The third-order valence-corrected chi connectivity index (χ3v) is 4.89. The van der Waals surface area contributed by atoms with E-state index in [9.17, 15) is 8.42 Å². The number of hydrogen-bond donors (Lipinski definition) is 2. The number of aromatic amines is 1. The van der Waals surface area contributed by atoms with Crippen LogP contribution in [0.25, 0.3) is 11.0 Å². The van der Waals surface area contributed by atoms with E-state index < -0.39 is 10.0 Å². The Morgan fingerprint density at radius 2 is 1.96 bits per heavy atom. The molecule has 0 unspecified atom stereocenters. The number of nitrogens with one attached hydrogen (secondary N) is 2. The average Bonchev–Trinajstić information content (AvgIpc) is 3.10. The molecule has 3 aromatic rings. The summed E-state index contributed by atoms with van der Waals surface area (Å²) in [5.74, 6) is 1.85. The van der Waals surface area contributed by atoms with Gasteiger partial charge in [-0.1, -0.05) is 0 Å². The van der Waals surface area contributed by atoms with Crippen molar-refractivity contribution < 1.29 is 17.9 Å². The molecule has 0 radical (unpaired) electrons. The van der Waals surface area contributed by atoms with Crippen LogP contribution in [-0.4, -0.2) is 25.2 Å². The Morgan fingerprint density at radius 3 is 2.83 bits per heavy atom. The zero-order valence-corrected chi connectivity index (χ0v) is 13.0. The lowest BCUT2D eigenvalue weighted by atomic mass is 10.3. The molecule has 1 aliphatic heterocycles. The van der Waals surface area contributed by atoms with E-state index in [0.29, 0.717) is 22.7 Å². The van der Waals surface area contributed by atoms with Gasteiger partial charge in [-0.3, -0.25) is 4.72 Å². The minimum absolute atomic E-state index is 0.140. The van der Waals surface area contributed by atoms with Crippen LogP contribution in [0.1, 0.15) is 5.82 Å². The molecule has 8 heteroatoms. The van der Waals surface area contributed by atoms with E-state index >= 15 is 0 Å². The van der Waals surface area contributed by atoms with Gasteiger partial charge in [-0.15, -0.1) is 0 Å². The highest BCUT2D eigenvalue weighted by molar-refractivity contribution is 7.92. The largest absolute Gasteiger partial charge is 0.454 e. The Bertz CT molecular complexity index is 1010. The number of nitrogens with zero attached hydrogens (tertiary/aromatic N) is 1. The van der Waals surface area contributed by atoms with Gasteiger partial charge in [-0.25, -0.2) is 13.4 Å². The number of anilines is 1. The summed E-state index contributed by atoms with van der Waals surface area (Å²) < 4.78 is 38.1. The number of hydrogen-bond acceptors (Lipinski definition) is 5. The van der Waals surface area contributed by atoms with Crippen LogP contribution in [0, 0.1) is 6.92 Å². The van der Waals surface area contributed by atoms with Crippen LogP contribution in [0.5, 0.6) is 11.5 Å². The highest BCUT2D eigenvalue weighted by atomic mass is 32.2. The minimum atomic E-state index is -3.71. The molecule has 118 valence electrons. The highest BCUT2D eigenvalue weighted by Crippen LogP contribution is 2.34. The van der Waals surface area contributed by atoms with Gasteiger partial charge >= 0.3 is 0 Å². The van der Waals surface area contributed by atoms with Crippen LogP contribution >= 0.6 is 0 Å². The summed E-state index contributed by atoms with van der Waals surface area (Å²) in [6.45, 7) is 1.96. The standard InChI is InChI=1S/C15H13N3O4S/c1-9-16-12-4-3-11(7-13(12)17-9)23(19,20)18-10-2-5-14-15(6-10)22-8-21-14/h2-7,18H,8H2,1H3,(H,16,17). The van der Waals surface area contributed by atoms with E-state index in [0.717, 1.165) is 11.3 Å². The van der Waals surface area contributed by atoms with Gasteiger partial charge in [0.05, 0.1) is 21.6 Å². The summed E-state index contributed by atoms with van der Waals surface area (Å²) in [5.41, 5.74) is 1.82. The lowest BCUT2D eigenvalue weighted by Crippen LogP contribution is -2.12. The number of ether oxygens (including phenoxy) is 2.